The predicted octanol–water partition coefficient (Wildman–Crippen LogP) is 6.17. The number of hydrogen-bond acceptors (Lipinski definition) is 4. The van der Waals surface area contributed by atoms with Crippen LogP contribution in [0.4, 0.5) is 18.9 Å². The van der Waals surface area contributed by atoms with Crippen molar-refractivity contribution in [3.63, 3.8) is 0 Å². The third kappa shape index (κ3) is 7.12. The van der Waals surface area contributed by atoms with Crippen molar-refractivity contribution in [1.82, 2.24) is 14.7 Å². The highest BCUT2D eigenvalue weighted by atomic mass is 35.5. The van der Waals surface area contributed by atoms with E-state index < -0.39 is 17.6 Å². The van der Waals surface area contributed by atoms with Crippen LogP contribution >= 0.6 is 12.4 Å². The molecule has 0 aliphatic heterocycles. The van der Waals surface area contributed by atoms with Gasteiger partial charge in [0.05, 0.1) is 16.8 Å². The lowest BCUT2D eigenvalue weighted by Crippen LogP contribution is -2.20. The molecule has 37 heavy (non-hydrogen) atoms. The summed E-state index contributed by atoms with van der Waals surface area (Å²) in [7, 11) is 3.67. The number of nitrogens with zero attached hydrogens (tertiary/aromatic N) is 3. The number of nitrogens with one attached hydrogen (secondary N) is 1. The van der Waals surface area contributed by atoms with E-state index >= 15 is 0 Å². The fourth-order valence-corrected chi connectivity index (χ4v) is 3.53. The van der Waals surface area contributed by atoms with Gasteiger partial charge in [-0.3, -0.25) is 4.79 Å². The molecule has 0 saturated heterocycles. The number of anilines is 1. The molecule has 0 aliphatic carbocycles. The first-order chi connectivity index (χ1) is 17.2. The van der Waals surface area contributed by atoms with Crippen LogP contribution < -0.4 is 10.1 Å². The van der Waals surface area contributed by atoms with Gasteiger partial charge in [0, 0.05) is 30.1 Å². The van der Waals surface area contributed by atoms with E-state index in [2.05, 4.69) is 10.4 Å². The minimum absolute atomic E-state index is 0. The van der Waals surface area contributed by atoms with Crippen LogP contribution in [0.25, 0.3) is 16.9 Å². The van der Waals surface area contributed by atoms with Crippen molar-refractivity contribution in [2.75, 3.05) is 32.6 Å². The molecule has 0 aliphatic rings. The van der Waals surface area contributed by atoms with Gasteiger partial charge in [-0.15, -0.1) is 12.4 Å². The number of alkyl halides is 3. The van der Waals surface area contributed by atoms with Crippen LogP contribution in [0.1, 0.15) is 15.9 Å². The Morgan fingerprint density at radius 2 is 1.65 bits per heavy atom. The number of rotatable bonds is 8. The van der Waals surface area contributed by atoms with Gasteiger partial charge in [-0.1, -0.05) is 48.5 Å². The molecular weight excluding hydrogens is 505 g/mol. The van der Waals surface area contributed by atoms with Crippen molar-refractivity contribution in [2.45, 2.75) is 6.18 Å². The van der Waals surface area contributed by atoms with Gasteiger partial charge in [-0.05, 0) is 38.4 Å². The van der Waals surface area contributed by atoms with Crippen molar-refractivity contribution < 1.29 is 22.7 Å². The van der Waals surface area contributed by atoms with Gasteiger partial charge in [-0.25, -0.2) is 4.68 Å². The topological polar surface area (TPSA) is 59.4 Å². The molecule has 0 unspecified atom stereocenters. The molecular formula is C27H26ClF3N4O2. The van der Waals surface area contributed by atoms with Crippen molar-refractivity contribution >= 4 is 24.0 Å². The molecule has 6 nitrogen and oxygen atoms in total. The van der Waals surface area contributed by atoms with Crippen LogP contribution in [0.5, 0.6) is 5.75 Å². The first-order valence-corrected chi connectivity index (χ1v) is 11.2. The summed E-state index contributed by atoms with van der Waals surface area (Å²) in [6, 6.07) is 21.6. The zero-order valence-corrected chi connectivity index (χ0v) is 21.0. The molecule has 1 aromatic heterocycles. The largest absolute Gasteiger partial charge is 0.492 e. The van der Waals surface area contributed by atoms with Gasteiger partial charge < -0.3 is 15.0 Å². The van der Waals surface area contributed by atoms with E-state index in [4.69, 9.17) is 4.74 Å². The Bertz CT molecular complexity index is 1330. The Morgan fingerprint density at radius 1 is 1.00 bits per heavy atom. The van der Waals surface area contributed by atoms with Crippen LogP contribution in [0, 0.1) is 0 Å². The third-order valence-corrected chi connectivity index (χ3v) is 5.33. The number of carbonyl (C=O) groups excluding carboxylic acids is 1. The Hall–Kier alpha value is -3.82. The van der Waals surface area contributed by atoms with Crippen molar-refractivity contribution in [3.05, 3.63) is 96.2 Å². The first-order valence-electron chi connectivity index (χ1n) is 11.2. The lowest BCUT2D eigenvalue weighted by Gasteiger charge is -2.15. The maximum Gasteiger partial charge on any atom is 0.416 e. The Kier molecular flexibility index (Phi) is 8.96. The number of halogens is 4. The van der Waals surface area contributed by atoms with Gasteiger partial charge in [0.15, 0.2) is 0 Å². The predicted molar refractivity (Wildman–Crippen MR) is 140 cm³/mol. The molecule has 1 heterocycles. The Morgan fingerprint density at radius 3 is 2.27 bits per heavy atom. The quantitative estimate of drug-likeness (QED) is 0.296. The molecule has 0 atom stereocenters. The standard InChI is InChI=1S/C27H25F3N4O2.ClH/c1-33(2)13-14-36-23-16-20(27(28,29)30)15-21(17-23)31-26(35)24-18-34(22-11-7-4-8-12-22)32-25(24)19-9-5-3-6-10-19;/h3-12,15-18H,13-14H2,1-2H3,(H,31,35);1H. The number of amides is 1. The van der Waals surface area contributed by atoms with Crippen molar-refractivity contribution in [1.29, 1.82) is 0 Å². The van der Waals surface area contributed by atoms with E-state index in [0.717, 1.165) is 17.8 Å². The van der Waals surface area contributed by atoms with Crippen LogP contribution in [-0.4, -0.2) is 47.8 Å². The molecule has 4 rings (SSSR count). The average molecular weight is 531 g/mol. The van der Waals surface area contributed by atoms with Gasteiger partial charge in [0.1, 0.15) is 18.1 Å². The van der Waals surface area contributed by atoms with E-state index in [1.54, 1.807) is 10.9 Å². The van der Waals surface area contributed by atoms with Crippen molar-refractivity contribution in [2.24, 2.45) is 0 Å². The second-order valence-electron chi connectivity index (χ2n) is 8.39. The molecule has 4 aromatic rings. The van der Waals surface area contributed by atoms with Gasteiger partial charge in [0.25, 0.3) is 5.91 Å². The summed E-state index contributed by atoms with van der Waals surface area (Å²) in [6.45, 7) is 0.723. The molecule has 1 N–H and O–H groups in total. The summed E-state index contributed by atoms with van der Waals surface area (Å²) in [5.41, 5.74) is 1.13. The van der Waals surface area contributed by atoms with Crippen LogP contribution in [-0.2, 0) is 6.18 Å². The minimum atomic E-state index is -4.60. The normalized spacial score (nSPS) is 11.2. The summed E-state index contributed by atoms with van der Waals surface area (Å²) in [5.74, 6) is -0.570. The fourth-order valence-electron chi connectivity index (χ4n) is 3.53. The molecule has 1 amide bonds. The van der Waals surface area contributed by atoms with E-state index in [1.807, 2.05) is 79.7 Å². The Labute approximate surface area is 219 Å². The van der Waals surface area contributed by atoms with Crippen molar-refractivity contribution in [3.8, 4) is 22.7 Å². The second kappa shape index (κ2) is 11.9. The SMILES string of the molecule is CN(C)CCOc1cc(NC(=O)c2cn(-c3ccccc3)nc2-c2ccccc2)cc(C(F)(F)F)c1.Cl. The fraction of sp³-hybridized carbons (Fsp3) is 0.185. The molecule has 0 radical (unpaired) electrons. The van der Waals surface area contributed by atoms with E-state index in [1.165, 1.54) is 6.07 Å². The number of aromatic nitrogens is 2. The molecule has 10 heteroatoms. The third-order valence-electron chi connectivity index (χ3n) is 5.33. The van der Waals surface area contributed by atoms with Crippen LogP contribution in [0.2, 0.25) is 0 Å². The number of hydrogen-bond donors (Lipinski definition) is 1. The van der Waals surface area contributed by atoms with Crippen LogP contribution in [0.15, 0.2) is 85.1 Å². The van der Waals surface area contributed by atoms with Gasteiger partial charge >= 0.3 is 6.18 Å². The van der Waals surface area contributed by atoms with E-state index in [9.17, 15) is 18.0 Å². The second-order valence-corrected chi connectivity index (χ2v) is 8.39. The molecule has 0 spiro atoms. The number of ether oxygens (including phenoxy) is 1. The highest BCUT2D eigenvalue weighted by molar-refractivity contribution is 6.08. The monoisotopic (exact) mass is 530 g/mol. The summed E-state index contributed by atoms with van der Waals surface area (Å²) in [6.07, 6.45) is -3.04. The van der Waals surface area contributed by atoms with E-state index in [-0.39, 0.29) is 36.0 Å². The summed E-state index contributed by atoms with van der Waals surface area (Å²) < 4.78 is 47.7. The summed E-state index contributed by atoms with van der Waals surface area (Å²) >= 11 is 0. The number of carbonyl (C=O) groups is 1. The lowest BCUT2D eigenvalue weighted by atomic mass is 10.1. The Balaban J connectivity index is 0.00000380. The molecule has 3 aromatic carbocycles. The zero-order chi connectivity index (χ0) is 25.7. The highest BCUT2D eigenvalue weighted by Crippen LogP contribution is 2.34. The molecule has 194 valence electrons. The average Bonchev–Trinajstić information content (AvgIpc) is 3.30. The summed E-state index contributed by atoms with van der Waals surface area (Å²) in [5, 5.41) is 7.19. The van der Waals surface area contributed by atoms with Gasteiger partial charge in [0.2, 0.25) is 0 Å². The maximum absolute atomic E-state index is 13.5. The smallest absolute Gasteiger partial charge is 0.416 e. The number of benzene rings is 3. The maximum atomic E-state index is 13.5. The molecule has 0 saturated carbocycles. The van der Waals surface area contributed by atoms with Gasteiger partial charge in [-0.2, -0.15) is 18.3 Å². The highest BCUT2D eigenvalue weighted by Gasteiger charge is 2.32. The lowest BCUT2D eigenvalue weighted by molar-refractivity contribution is -0.137. The minimum Gasteiger partial charge on any atom is -0.492 e. The number of likely N-dealkylation sites (N-methyl/N-ethyl adjacent to an activating group) is 1. The van der Waals surface area contributed by atoms with E-state index in [0.29, 0.717) is 17.8 Å². The van der Waals surface area contributed by atoms with Crippen LogP contribution in [0.3, 0.4) is 0 Å². The molecule has 0 bridgehead atoms. The first kappa shape index (κ1) is 27.8. The molecule has 0 fully saturated rings. The zero-order valence-electron chi connectivity index (χ0n) is 20.2. The summed E-state index contributed by atoms with van der Waals surface area (Å²) in [4.78, 5) is 15.2. The number of para-hydroxylation sites is 1.